The quantitative estimate of drug-likeness (QED) is 0.593. The molecule has 0 bridgehead atoms. The molecule has 0 unspecified atom stereocenters. The van der Waals surface area contributed by atoms with Crippen molar-refractivity contribution in [2.45, 2.75) is 45.8 Å². The minimum atomic E-state index is -4.15. The van der Waals surface area contributed by atoms with E-state index in [-0.39, 0.29) is 25.4 Å². The SMILES string of the molecule is CCOC(=O)c1nnc(C)n1CCCCC(F)(F)F. The molecule has 0 atom stereocenters. The number of aryl methyl sites for hydroxylation is 1. The number of hydrogen-bond donors (Lipinski definition) is 0. The Balaban J connectivity index is 2.58. The number of unbranched alkanes of at least 4 members (excludes halogenated alkanes) is 1. The standard InChI is InChI=1S/C11H16F3N3O2/c1-3-19-10(18)9-16-15-8(2)17(9)7-5-4-6-11(12,13)14/h3-7H2,1-2H3. The fourth-order valence-corrected chi connectivity index (χ4v) is 1.59. The smallest absolute Gasteiger partial charge is 0.389 e. The van der Waals surface area contributed by atoms with Crippen LogP contribution in [0.25, 0.3) is 0 Å². The van der Waals surface area contributed by atoms with Gasteiger partial charge >= 0.3 is 12.1 Å². The van der Waals surface area contributed by atoms with Crippen molar-refractivity contribution in [2.75, 3.05) is 6.61 Å². The van der Waals surface area contributed by atoms with Crippen molar-refractivity contribution >= 4 is 5.97 Å². The lowest BCUT2D eigenvalue weighted by Gasteiger charge is -2.09. The molecule has 0 spiro atoms. The molecule has 1 rings (SSSR count). The zero-order valence-corrected chi connectivity index (χ0v) is 10.8. The maximum atomic E-state index is 12.0. The first-order valence-electron chi connectivity index (χ1n) is 5.99. The lowest BCUT2D eigenvalue weighted by molar-refractivity contribution is -0.135. The van der Waals surface area contributed by atoms with E-state index in [0.29, 0.717) is 12.2 Å². The third-order valence-corrected chi connectivity index (χ3v) is 2.49. The first kappa shape index (κ1) is 15.5. The molecule has 19 heavy (non-hydrogen) atoms. The highest BCUT2D eigenvalue weighted by Gasteiger charge is 2.26. The van der Waals surface area contributed by atoms with Crippen LogP contribution in [0.2, 0.25) is 0 Å². The van der Waals surface area contributed by atoms with Crippen LogP contribution >= 0.6 is 0 Å². The maximum absolute atomic E-state index is 12.0. The zero-order valence-electron chi connectivity index (χ0n) is 10.8. The van der Waals surface area contributed by atoms with E-state index in [2.05, 4.69) is 10.2 Å². The molecule has 0 saturated heterocycles. The van der Waals surface area contributed by atoms with Gasteiger partial charge in [0, 0.05) is 13.0 Å². The van der Waals surface area contributed by atoms with E-state index < -0.39 is 18.6 Å². The normalized spacial score (nSPS) is 11.6. The molecular weight excluding hydrogens is 263 g/mol. The van der Waals surface area contributed by atoms with Gasteiger partial charge in [0.25, 0.3) is 0 Å². The van der Waals surface area contributed by atoms with Gasteiger partial charge in [0.2, 0.25) is 5.82 Å². The number of alkyl halides is 3. The van der Waals surface area contributed by atoms with Crippen LogP contribution in [0, 0.1) is 6.92 Å². The summed E-state index contributed by atoms with van der Waals surface area (Å²) in [4.78, 5) is 11.5. The van der Waals surface area contributed by atoms with E-state index in [1.54, 1.807) is 13.8 Å². The Morgan fingerprint density at radius 3 is 2.58 bits per heavy atom. The van der Waals surface area contributed by atoms with Crippen molar-refractivity contribution in [1.82, 2.24) is 14.8 Å². The van der Waals surface area contributed by atoms with Crippen LogP contribution in [-0.2, 0) is 11.3 Å². The minimum Gasteiger partial charge on any atom is -0.460 e. The Kier molecular flexibility index (Phi) is 5.31. The fraction of sp³-hybridized carbons (Fsp3) is 0.727. The zero-order chi connectivity index (χ0) is 14.5. The third kappa shape index (κ3) is 4.88. The largest absolute Gasteiger partial charge is 0.460 e. The molecule has 1 aromatic rings. The topological polar surface area (TPSA) is 57.0 Å². The highest BCUT2D eigenvalue weighted by Crippen LogP contribution is 2.22. The predicted octanol–water partition coefficient (Wildman–Crippen LogP) is 2.50. The second kappa shape index (κ2) is 6.53. The van der Waals surface area contributed by atoms with Crippen LogP contribution in [0.4, 0.5) is 13.2 Å². The lowest BCUT2D eigenvalue weighted by atomic mass is 10.2. The van der Waals surface area contributed by atoms with Crippen LogP contribution < -0.4 is 0 Å². The average molecular weight is 279 g/mol. The third-order valence-electron chi connectivity index (χ3n) is 2.49. The fourth-order valence-electron chi connectivity index (χ4n) is 1.59. The first-order chi connectivity index (χ1) is 8.85. The Bertz CT molecular complexity index is 429. The molecule has 0 aliphatic carbocycles. The molecule has 0 aromatic carbocycles. The summed E-state index contributed by atoms with van der Waals surface area (Å²) in [5.74, 6) is -0.0969. The van der Waals surface area contributed by atoms with E-state index in [4.69, 9.17) is 4.74 Å². The molecule has 1 aromatic heterocycles. The number of ether oxygens (including phenoxy) is 1. The summed E-state index contributed by atoms with van der Waals surface area (Å²) >= 11 is 0. The molecule has 0 aliphatic heterocycles. The molecule has 0 aliphatic rings. The number of halogens is 3. The number of aromatic nitrogens is 3. The second-order valence-electron chi connectivity index (χ2n) is 4.02. The molecule has 0 saturated carbocycles. The van der Waals surface area contributed by atoms with Gasteiger partial charge in [0.15, 0.2) is 0 Å². The van der Waals surface area contributed by atoms with Gasteiger partial charge in [-0.3, -0.25) is 0 Å². The molecule has 0 radical (unpaired) electrons. The highest BCUT2D eigenvalue weighted by atomic mass is 19.4. The van der Waals surface area contributed by atoms with Gasteiger partial charge in [0.05, 0.1) is 6.61 Å². The maximum Gasteiger partial charge on any atom is 0.389 e. The van der Waals surface area contributed by atoms with E-state index in [1.165, 1.54) is 4.57 Å². The van der Waals surface area contributed by atoms with Gasteiger partial charge < -0.3 is 9.30 Å². The van der Waals surface area contributed by atoms with E-state index >= 15 is 0 Å². The molecule has 1 heterocycles. The average Bonchev–Trinajstić information content (AvgIpc) is 2.65. The molecule has 8 heteroatoms. The first-order valence-corrected chi connectivity index (χ1v) is 5.99. The lowest BCUT2D eigenvalue weighted by Crippen LogP contribution is -2.15. The van der Waals surface area contributed by atoms with Gasteiger partial charge in [-0.05, 0) is 26.7 Å². The Morgan fingerprint density at radius 1 is 1.32 bits per heavy atom. The van der Waals surface area contributed by atoms with Gasteiger partial charge in [-0.25, -0.2) is 4.79 Å². The Morgan fingerprint density at radius 2 is 2.00 bits per heavy atom. The number of rotatable bonds is 6. The van der Waals surface area contributed by atoms with Crippen LogP contribution in [0.15, 0.2) is 0 Å². The number of hydrogen-bond acceptors (Lipinski definition) is 4. The van der Waals surface area contributed by atoms with Crippen LogP contribution in [0.1, 0.15) is 42.6 Å². The number of esters is 1. The molecule has 0 N–H and O–H groups in total. The summed E-state index contributed by atoms with van der Waals surface area (Å²) in [5.41, 5.74) is 0. The van der Waals surface area contributed by atoms with Crippen LogP contribution in [-0.4, -0.2) is 33.5 Å². The summed E-state index contributed by atoms with van der Waals surface area (Å²) in [5, 5.41) is 7.42. The van der Waals surface area contributed by atoms with Crippen molar-refractivity contribution in [2.24, 2.45) is 0 Å². The second-order valence-corrected chi connectivity index (χ2v) is 4.02. The molecule has 0 amide bonds. The molecule has 5 nitrogen and oxygen atoms in total. The van der Waals surface area contributed by atoms with Gasteiger partial charge in [0.1, 0.15) is 5.82 Å². The Labute approximate surface area is 108 Å². The van der Waals surface area contributed by atoms with Crippen molar-refractivity contribution in [3.8, 4) is 0 Å². The van der Waals surface area contributed by atoms with Gasteiger partial charge in [-0.2, -0.15) is 13.2 Å². The molecular formula is C11H16F3N3O2. The van der Waals surface area contributed by atoms with Crippen molar-refractivity contribution in [1.29, 1.82) is 0 Å². The number of carbonyl (C=O) groups is 1. The summed E-state index contributed by atoms with van der Waals surface area (Å²) in [6, 6.07) is 0. The number of carbonyl (C=O) groups excluding carboxylic acids is 1. The summed E-state index contributed by atoms with van der Waals surface area (Å²) in [6.07, 6.45) is -4.68. The van der Waals surface area contributed by atoms with E-state index in [0.717, 1.165) is 0 Å². The van der Waals surface area contributed by atoms with Gasteiger partial charge in [-0.15, -0.1) is 10.2 Å². The van der Waals surface area contributed by atoms with E-state index in [9.17, 15) is 18.0 Å². The van der Waals surface area contributed by atoms with Crippen LogP contribution in [0.5, 0.6) is 0 Å². The minimum absolute atomic E-state index is 0.00336. The van der Waals surface area contributed by atoms with Crippen molar-refractivity contribution < 1.29 is 22.7 Å². The Hall–Kier alpha value is -1.60. The molecule has 108 valence electrons. The van der Waals surface area contributed by atoms with E-state index in [1.807, 2.05) is 0 Å². The number of nitrogens with zero attached hydrogens (tertiary/aromatic N) is 3. The van der Waals surface area contributed by atoms with Crippen LogP contribution in [0.3, 0.4) is 0 Å². The summed E-state index contributed by atoms with van der Waals surface area (Å²) < 4.78 is 42.3. The van der Waals surface area contributed by atoms with Crippen molar-refractivity contribution in [3.05, 3.63) is 11.6 Å². The highest BCUT2D eigenvalue weighted by molar-refractivity contribution is 5.85. The predicted molar refractivity (Wildman–Crippen MR) is 60.6 cm³/mol. The summed E-state index contributed by atoms with van der Waals surface area (Å²) in [6.45, 7) is 3.77. The monoisotopic (exact) mass is 279 g/mol. The van der Waals surface area contributed by atoms with Crippen molar-refractivity contribution in [3.63, 3.8) is 0 Å². The summed E-state index contributed by atoms with van der Waals surface area (Å²) in [7, 11) is 0. The molecule has 0 fully saturated rings. The van der Waals surface area contributed by atoms with Gasteiger partial charge in [-0.1, -0.05) is 0 Å².